The predicted molar refractivity (Wildman–Crippen MR) is 105 cm³/mol. The predicted octanol–water partition coefficient (Wildman–Crippen LogP) is 4.91. The van der Waals surface area contributed by atoms with Crippen molar-refractivity contribution in [3.8, 4) is 5.75 Å². The largest absolute Gasteiger partial charge is 0.487 e. The van der Waals surface area contributed by atoms with E-state index in [0.29, 0.717) is 24.5 Å². The Kier molecular flexibility index (Phi) is 5.69. The molecule has 0 saturated carbocycles. The van der Waals surface area contributed by atoms with E-state index in [4.69, 9.17) is 10.5 Å². The van der Waals surface area contributed by atoms with E-state index in [1.807, 2.05) is 85.8 Å². The second-order valence-electron chi connectivity index (χ2n) is 6.48. The van der Waals surface area contributed by atoms with Gasteiger partial charge in [-0.25, -0.2) is 0 Å². The summed E-state index contributed by atoms with van der Waals surface area (Å²) in [6.45, 7) is 2.42. The van der Waals surface area contributed by atoms with Crippen LogP contribution in [0.1, 0.15) is 28.4 Å². The van der Waals surface area contributed by atoms with E-state index in [-0.39, 0.29) is 11.7 Å². The van der Waals surface area contributed by atoms with Crippen molar-refractivity contribution >= 4 is 11.5 Å². The molecule has 0 aliphatic rings. The lowest BCUT2D eigenvalue weighted by Crippen LogP contribution is -2.14. The zero-order chi connectivity index (χ0) is 18.4. The van der Waals surface area contributed by atoms with Crippen molar-refractivity contribution in [1.29, 1.82) is 0 Å². The molecule has 3 nitrogen and oxygen atoms in total. The van der Waals surface area contributed by atoms with Crippen LogP contribution in [0.15, 0.2) is 78.9 Å². The Morgan fingerprint density at radius 1 is 0.923 bits per heavy atom. The highest BCUT2D eigenvalue weighted by atomic mass is 16.5. The third-order valence-electron chi connectivity index (χ3n) is 4.36. The Morgan fingerprint density at radius 2 is 1.58 bits per heavy atom. The number of nitrogen functional groups attached to an aromatic ring is 1. The van der Waals surface area contributed by atoms with Crippen LogP contribution < -0.4 is 10.5 Å². The second kappa shape index (κ2) is 8.34. The van der Waals surface area contributed by atoms with Gasteiger partial charge in [0.05, 0.1) is 5.69 Å². The maximum atomic E-state index is 12.6. The lowest BCUT2D eigenvalue weighted by Gasteiger charge is -2.14. The normalized spacial score (nSPS) is 11.7. The van der Waals surface area contributed by atoms with E-state index in [9.17, 15) is 4.79 Å². The van der Waals surface area contributed by atoms with Gasteiger partial charge >= 0.3 is 0 Å². The lowest BCUT2D eigenvalue weighted by atomic mass is 9.93. The van der Waals surface area contributed by atoms with Gasteiger partial charge in [-0.3, -0.25) is 4.79 Å². The molecule has 132 valence electrons. The van der Waals surface area contributed by atoms with Gasteiger partial charge in [0, 0.05) is 11.5 Å². The highest BCUT2D eigenvalue weighted by Crippen LogP contribution is 2.26. The molecule has 3 aromatic rings. The maximum Gasteiger partial charge on any atom is 0.165 e. The Bertz CT molecular complexity index is 860. The van der Waals surface area contributed by atoms with Gasteiger partial charge < -0.3 is 10.5 Å². The Balaban J connectivity index is 1.68. The molecule has 3 rings (SSSR count). The number of Topliss-reactive ketones (excluding diaryl/α,β-unsaturated/α-hetero) is 1. The molecule has 0 aliphatic carbocycles. The number of carbonyl (C=O) groups is 1. The summed E-state index contributed by atoms with van der Waals surface area (Å²) in [7, 11) is 0. The fourth-order valence-corrected chi connectivity index (χ4v) is 2.90. The first-order valence-corrected chi connectivity index (χ1v) is 8.78. The van der Waals surface area contributed by atoms with Crippen molar-refractivity contribution in [3.05, 3.63) is 95.6 Å². The van der Waals surface area contributed by atoms with Crippen LogP contribution in [0, 0.1) is 5.92 Å². The number of nitrogens with two attached hydrogens (primary N) is 1. The van der Waals surface area contributed by atoms with Crippen LogP contribution in [0.5, 0.6) is 5.75 Å². The quantitative estimate of drug-likeness (QED) is 0.489. The van der Waals surface area contributed by atoms with Crippen molar-refractivity contribution in [3.63, 3.8) is 0 Å². The van der Waals surface area contributed by atoms with E-state index >= 15 is 0 Å². The summed E-state index contributed by atoms with van der Waals surface area (Å²) >= 11 is 0. The zero-order valence-corrected chi connectivity index (χ0v) is 14.9. The van der Waals surface area contributed by atoms with Gasteiger partial charge in [0.1, 0.15) is 12.4 Å². The SMILES string of the molecule is CC(Cc1ccc(N)c(OCc2ccccc2)c1)C(=O)c1ccccc1. The van der Waals surface area contributed by atoms with Crippen LogP contribution in [0.3, 0.4) is 0 Å². The van der Waals surface area contributed by atoms with Gasteiger partial charge in [0.15, 0.2) is 5.78 Å². The van der Waals surface area contributed by atoms with Gasteiger partial charge in [0.2, 0.25) is 0 Å². The Labute approximate surface area is 154 Å². The van der Waals surface area contributed by atoms with Crippen molar-refractivity contribution < 1.29 is 9.53 Å². The minimum atomic E-state index is -0.108. The topological polar surface area (TPSA) is 52.3 Å². The van der Waals surface area contributed by atoms with Gasteiger partial charge in [0.25, 0.3) is 0 Å². The molecule has 3 aromatic carbocycles. The summed E-state index contributed by atoms with van der Waals surface area (Å²) in [5.41, 5.74) is 9.52. The molecule has 0 heterocycles. The maximum absolute atomic E-state index is 12.6. The molecule has 0 aromatic heterocycles. The molecule has 0 radical (unpaired) electrons. The number of ketones is 1. The number of hydrogen-bond acceptors (Lipinski definition) is 3. The fraction of sp³-hybridized carbons (Fsp3) is 0.174. The molecule has 0 amide bonds. The number of benzene rings is 3. The van der Waals surface area contributed by atoms with Gasteiger partial charge in [-0.2, -0.15) is 0 Å². The molecule has 0 fully saturated rings. The first kappa shape index (κ1) is 17.7. The summed E-state index contributed by atoms with van der Waals surface area (Å²) < 4.78 is 5.88. The Morgan fingerprint density at radius 3 is 2.27 bits per heavy atom. The molecular formula is C23H23NO2. The number of carbonyl (C=O) groups excluding carboxylic acids is 1. The summed E-state index contributed by atoms with van der Waals surface area (Å²) in [5.74, 6) is 0.697. The standard InChI is InChI=1S/C23H23NO2/c1-17(23(25)20-10-6-3-7-11-20)14-19-12-13-21(24)22(15-19)26-16-18-8-4-2-5-9-18/h2-13,15,17H,14,16,24H2,1H3. The van der Waals surface area contributed by atoms with E-state index in [1.165, 1.54) is 0 Å². The zero-order valence-electron chi connectivity index (χ0n) is 14.9. The first-order chi connectivity index (χ1) is 12.6. The van der Waals surface area contributed by atoms with Crippen molar-refractivity contribution in [1.82, 2.24) is 0 Å². The highest BCUT2D eigenvalue weighted by Gasteiger charge is 2.16. The number of hydrogen-bond donors (Lipinski definition) is 1. The third kappa shape index (κ3) is 4.51. The minimum absolute atomic E-state index is 0.108. The first-order valence-electron chi connectivity index (χ1n) is 8.78. The average Bonchev–Trinajstić information content (AvgIpc) is 2.69. The van der Waals surface area contributed by atoms with Gasteiger partial charge in [-0.1, -0.05) is 73.7 Å². The summed E-state index contributed by atoms with van der Waals surface area (Å²) in [6.07, 6.45) is 0.649. The summed E-state index contributed by atoms with van der Waals surface area (Å²) in [6, 6.07) is 25.1. The van der Waals surface area contributed by atoms with Crippen molar-refractivity contribution in [2.75, 3.05) is 5.73 Å². The van der Waals surface area contributed by atoms with E-state index in [2.05, 4.69) is 0 Å². The molecule has 0 spiro atoms. The van der Waals surface area contributed by atoms with Crippen LogP contribution in [0.4, 0.5) is 5.69 Å². The molecule has 2 N–H and O–H groups in total. The van der Waals surface area contributed by atoms with Gasteiger partial charge in [-0.05, 0) is 29.7 Å². The van der Waals surface area contributed by atoms with Crippen LogP contribution in [-0.2, 0) is 13.0 Å². The molecule has 0 bridgehead atoms. The molecule has 1 unspecified atom stereocenters. The van der Waals surface area contributed by atoms with E-state index < -0.39 is 0 Å². The van der Waals surface area contributed by atoms with Crippen LogP contribution in [-0.4, -0.2) is 5.78 Å². The summed E-state index contributed by atoms with van der Waals surface area (Å²) in [5, 5.41) is 0. The average molecular weight is 345 g/mol. The van der Waals surface area contributed by atoms with Gasteiger partial charge in [-0.15, -0.1) is 0 Å². The fourth-order valence-electron chi connectivity index (χ4n) is 2.90. The minimum Gasteiger partial charge on any atom is -0.487 e. The van der Waals surface area contributed by atoms with Crippen LogP contribution >= 0.6 is 0 Å². The van der Waals surface area contributed by atoms with E-state index in [0.717, 1.165) is 16.7 Å². The van der Waals surface area contributed by atoms with Crippen molar-refractivity contribution in [2.45, 2.75) is 20.0 Å². The lowest BCUT2D eigenvalue weighted by molar-refractivity contribution is 0.0929. The summed E-state index contributed by atoms with van der Waals surface area (Å²) in [4.78, 5) is 12.6. The number of rotatable bonds is 7. The van der Waals surface area contributed by atoms with E-state index in [1.54, 1.807) is 0 Å². The molecular weight excluding hydrogens is 322 g/mol. The third-order valence-corrected chi connectivity index (χ3v) is 4.36. The molecule has 1 atom stereocenters. The monoisotopic (exact) mass is 345 g/mol. The van der Waals surface area contributed by atoms with Crippen LogP contribution in [0.2, 0.25) is 0 Å². The van der Waals surface area contributed by atoms with Crippen LogP contribution in [0.25, 0.3) is 0 Å². The van der Waals surface area contributed by atoms with Crippen molar-refractivity contribution in [2.24, 2.45) is 5.92 Å². The molecule has 3 heteroatoms. The number of ether oxygens (including phenoxy) is 1. The Hall–Kier alpha value is -3.07. The number of anilines is 1. The highest BCUT2D eigenvalue weighted by molar-refractivity contribution is 5.97. The molecule has 26 heavy (non-hydrogen) atoms. The molecule has 0 saturated heterocycles. The smallest absolute Gasteiger partial charge is 0.165 e. The second-order valence-corrected chi connectivity index (χ2v) is 6.48. The molecule has 0 aliphatic heterocycles.